The van der Waals surface area contributed by atoms with E-state index in [1.165, 1.54) is 10.8 Å². The van der Waals surface area contributed by atoms with Crippen molar-refractivity contribution in [2.45, 2.75) is 20.3 Å². The maximum atomic E-state index is 11.6. The molecule has 0 aliphatic carbocycles. The molecule has 102 valence electrons. The fraction of sp³-hybridized carbons (Fsp3) is 0.455. The summed E-state index contributed by atoms with van der Waals surface area (Å²) in [5.41, 5.74) is 0.725. The van der Waals surface area contributed by atoms with Crippen molar-refractivity contribution in [2.75, 3.05) is 18.4 Å². The van der Waals surface area contributed by atoms with E-state index in [2.05, 4.69) is 25.7 Å². The van der Waals surface area contributed by atoms with E-state index in [9.17, 15) is 4.79 Å². The number of fused-ring (bicyclic) bond motifs is 1. The second kappa shape index (κ2) is 5.83. The van der Waals surface area contributed by atoms with Gasteiger partial charge >= 0.3 is 0 Å². The third-order valence-corrected chi connectivity index (χ3v) is 2.96. The minimum Gasteiger partial charge on any atom is -0.361 e. The number of amides is 1. The number of anilines is 1. The van der Waals surface area contributed by atoms with Crippen LogP contribution in [-0.4, -0.2) is 38.6 Å². The molecular weight excluding hydrogens is 268 g/mol. The van der Waals surface area contributed by atoms with Gasteiger partial charge in [-0.2, -0.15) is 19.6 Å². The number of hydrogen-bond donors (Lipinski definition) is 2. The Bertz CT molecular complexity index is 596. The first-order valence-electron chi connectivity index (χ1n) is 6.00. The van der Waals surface area contributed by atoms with Gasteiger partial charge in [-0.05, 0) is 13.3 Å². The van der Waals surface area contributed by atoms with Gasteiger partial charge in [0.15, 0.2) is 0 Å². The van der Waals surface area contributed by atoms with Gasteiger partial charge in [-0.3, -0.25) is 4.79 Å². The minimum absolute atomic E-state index is 0.0811. The van der Waals surface area contributed by atoms with Crippen molar-refractivity contribution in [2.24, 2.45) is 0 Å². The van der Waals surface area contributed by atoms with Gasteiger partial charge in [0, 0.05) is 12.1 Å². The largest absolute Gasteiger partial charge is 0.361 e. The van der Waals surface area contributed by atoms with Crippen molar-refractivity contribution in [3.8, 4) is 0 Å². The van der Waals surface area contributed by atoms with E-state index < -0.39 is 0 Å². The van der Waals surface area contributed by atoms with Crippen molar-refractivity contribution >= 4 is 29.1 Å². The first-order chi connectivity index (χ1) is 9.13. The molecule has 0 unspecified atom stereocenters. The molecule has 2 aromatic heterocycles. The van der Waals surface area contributed by atoms with Crippen LogP contribution in [0.3, 0.4) is 0 Å². The maximum absolute atomic E-state index is 11.6. The van der Waals surface area contributed by atoms with Crippen LogP contribution in [0.5, 0.6) is 0 Å². The van der Waals surface area contributed by atoms with Gasteiger partial charge in [-0.15, -0.1) is 0 Å². The van der Waals surface area contributed by atoms with E-state index in [0.29, 0.717) is 23.3 Å². The molecule has 0 saturated heterocycles. The molecule has 8 heteroatoms. The monoisotopic (exact) mass is 282 g/mol. The quantitative estimate of drug-likeness (QED) is 0.800. The van der Waals surface area contributed by atoms with Gasteiger partial charge in [0.25, 0.3) is 5.78 Å². The van der Waals surface area contributed by atoms with Crippen LogP contribution in [0.25, 0.3) is 5.78 Å². The number of hydrogen-bond acceptors (Lipinski definition) is 5. The predicted molar refractivity (Wildman–Crippen MR) is 72.3 cm³/mol. The highest BCUT2D eigenvalue weighted by atomic mass is 35.5. The molecule has 2 aromatic rings. The Morgan fingerprint density at radius 1 is 1.53 bits per heavy atom. The average molecular weight is 283 g/mol. The standard InChI is InChI=1S/C11H15ClN6O/c1-3-4-13-8(19)5-14-10-7(2)9(12)17-11-15-6-16-18(10)11/h6,14H,3-5H2,1-2H3,(H,13,19). The zero-order chi connectivity index (χ0) is 13.8. The molecule has 0 atom stereocenters. The summed E-state index contributed by atoms with van der Waals surface area (Å²) in [5.74, 6) is 0.939. The lowest BCUT2D eigenvalue weighted by atomic mass is 10.3. The molecule has 7 nitrogen and oxygen atoms in total. The zero-order valence-electron chi connectivity index (χ0n) is 10.8. The second-order valence-electron chi connectivity index (χ2n) is 4.05. The lowest BCUT2D eigenvalue weighted by Crippen LogP contribution is -2.31. The normalized spacial score (nSPS) is 10.7. The van der Waals surface area contributed by atoms with Crippen LogP contribution in [0.1, 0.15) is 18.9 Å². The molecule has 0 aromatic carbocycles. The molecule has 0 aliphatic heterocycles. The van der Waals surface area contributed by atoms with E-state index in [4.69, 9.17) is 11.6 Å². The average Bonchev–Trinajstić information content (AvgIpc) is 2.84. The maximum Gasteiger partial charge on any atom is 0.255 e. The van der Waals surface area contributed by atoms with Gasteiger partial charge in [0.05, 0.1) is 6.54 Å². The van der Waals surface area contributed by atoms with Crippen molar-refractivity contribution in [1.82, 2.24) is 24.9 Å². The van der Waals surface area contributed by atoms with Crippen LogP contribution in [0.15, 0.2) is 6.33 Å². The molecule has 2 N–H and O–H groups in total. The Balaban J connectivity index is 2.17. The molecule has 0 aliphatic rings. The summed E-state index contributed by atoms with van der Waals surface area (Å²) >= 11 is 6.02. The van der Waals surface area contributed by atoms with Crippen molar-refractivity contribution < 1.29 is 4.79 Å². The summed E-state index contributed by atoms with van der Waals surface area (Å²) in [5, 5.41) is 10.2. The van der Waals surface area contributed by atoms with E-state index in [0.717, 1.165) is 12.0 Å². The molecule has 19 heavy (non-hydrogen) atoms. The number of nitrogens with zero attached hydrogens (tertiary/aromatic N) is 4. The SMILES string of the molecule is CCCNC(=O)CNc1c(C)c(Cl)nc2ncnn12. The fourth-order valence-electron chi connectivity index (χ4n) is 1.60. The number of nitrogens with one attached hydrogen (secondary N) is 2. The van der Waals surface area contributed by atoms with E-state index in [-0.39, 0.29) is 12.5 Å². The number of carbonyl (C=O) groups is 1. The second-order valence-corrected chi connectivity index (χ2v) is 4.41. The van der Waals surface area contributed by atoms with Crippen LogP contribution < -0.4 is 10.6 Å². The predicted octanol–water partition coefficient (Wildman–Crippen LogP) is 1.02. The Morgan fingerprint density at radius 3 is 3.05 bits per heavy atom. The lowest BCUT2D eigenvalue weighted by molar-refractivity contribution is -0.119. The summed E-state index contributed by atoms with van der Waals surface area (Å²) < 4.78 is 1.52. The molecule has 2 heterocycles. The first kappa shape index (κ1) is 13.5. The van der Waals surface area contributed by atoms with E-state index in [1.807, 2.05) is 13.8 Å². The molecule has 2 rings (SSSR count). The molecule has 0 spiro atoms. The number of carbonyl (C=O) groups excluding carboxylic acids is 1. The lowest BCUT2D eigenvalue weighted by Gasteiger charge is -2.11. The first-order valence-corrected chi connectivity index (χ1v) is 6.37. The van der Waals surface area contributed by atoms with Crippen molar-refractivity contribution in [1.29, 1.82) is 0 Å². The van der Waals surface area contributed by atoms with Crippen molar-refractivity contribution in [3.63, 3.8) is 0 Å². The van der Waals surface area contributed by atoms with Gasteiger partial charge in [0.2, 0.25) is 5.91 Å². The third kappa shape index (κ3) is 2.93. The Kier molecular flexibility index (Phi) is 4.16. The summed E-state index contributed by atoms with van der Waals surface area (Å²) in [6.45, 7) is 4.62. The number of aromatic nitrogens is 4. The Morgan fingerprint density at radius 2 is 2.32 bits per heavy atom. The van der Waals surface area contributed by atoms with Crippen LogP contribution >= 0.6 is 11.6 Å². The Labute approximate surface area is 115 Å². The van der Waals surface area contributed by atoms with Crippen LogP contribution in [0, 0.1) is 6.92 Å². The summed E-state index contributed by atoms with van der Waals surface area (Å²) in [6, 6.07) is 0. The third-order valence-electron chi connectivity index (χ3n) is 2.59. The van der Waals surface area contributed by atoms with Gasteiger partial charge in [0.1, 0.15) is 17.3 Å². The van der Waals surface area contributed by atoms with Crippen LogP contribution in [-0.2, 0) is 4.79 Å². The summed E-state index contributed by atoms with van der Waals surface area (Å²) in [6.07, 6.45) is 2.29. The Hall–Kier alpha value is -1.89. The van der Waals surface area contributed by atoms with E-state index in [1.54, 1.807) is 0 Å². The fourth-order valence-corrected chi connectivity index (χ4v) is 1.76. The van der Waals surface area contributed by atoms with Crippen molar-refractivity contribution in [3.05, 3.63) is 17.0 Å². The molecule has 0 bridgehead atoms. The summed E-state index contributed by atoms with van der Waals surface area (Å²) in [4.78, 5) is 19.6. The highest BCUT2D eigenvalue weighted by Gasteiger charge is 2.12. The molecular formula is C11H15ClN6O. The molecule has 0 saturated carbocycles. The van der Waals surface area contributed by atoms with Crippen LogP contribution in [0.2, 0.25) is 5.15 Å². The topological polar surface area (TPSA) is 84.2 Å². The zero-order valence-corrected chi connectivity index (χ0v) is 11.5. The number of halogens is 1. The van der Waals surface area contributed by atoms with Gasteiger partial charge in [-0.1, -0.05) is 18.5 Å². The van der Waals surface area contributed by atoms with E-state index >= 15 is 0 Å². The number of rotatable bonds is 5. The van der Waals surface area contributed by atoms with Gasteiger partial charge in [-0.25, -0.2) is 0 Å². The summed E-state index contributed by atoms with van der Waals surface area (Å²) in [7, 11) is 0. The highest BCUT2D eigenvalue weighted by molar-refractivity contribution is 6.30. The smallest absolute Gasteiger partial charge is 0.255 e. The highest BCUT2D eigenvalue weighted by Crippen LogP contribution is 2.21. The van der Waals surface area contributed by atoms with Crippen LogP contribution in [0.4, 0.5) is 5.82 Å². The molecule has 0 fully saturated rings. The molecule has 0 radical (unpaired) electrons. The molecule has 1 amide bonds. The van der Waals surface area contributed by atoms with Gasteiger partial charge < -0.3 is 10.6 Å². The minimum atomic E-state index is -0.0811.